The number of para-hydroxylation sites is 1. The van der Waals surface area contributed by atoms with Crippen LogP contribution in [0.4, 0.5) is 0 Å². The van der Waals surface area contributed by atoms with Crippen LogP contribution in [0.1, 0.15) is 45.1 Å². The summed E-state index contributed by atoms with van der Waals surface area (Å²) in [6, 6.07) is 8.17. The predicted molar refractivity (Wildman–Crippen MR) is 92.6 cm³/mol. The van der Waals surface area contributed by atoms with Crippen molar-refractivity contribution in [3.05, 3.63) is 29.8 Å². The first kappa shape index (κ1) is 18.2. The third kappa shape index (κ3) is 4.46. The van der Waals surface area contributed by atoms with Gasteiger partial charge in [0.15, 0.2) is 0 Å². The Morgan fingerprint density at radius 1 is 1.26 bits per heavy atom. The van der Waals surface area contributed by atoms with Crippen LogP contribution in [0.15, 0.2) is 24.3 Å². The molecule has 0 spiro atoms. The first-order valence-corrected chi connectivity index (χ1v) is 8.87. The fraction of sp³-hybridized carbons (Fsp3) is 0.684. The number of rotatable bonds is 8. The first-order valence-electron chi connectivity index (χ1n) is 8.87. The second-order valence-electron chi connectivity index (χ2n) is 6.74. The van der Waals surface area contributed by atoms with Gasteiger partial charge in [0, 0.05) is 30.6 Å². The Balaban J connectivity index is 2.08. The van der Waals surface area contributed by atoms with Gasteiger partial charge >= 0.3 is 0 Å². The van der Waals surface area contributed by atoms with Crippen molar-refractivity contribution < 1.29 is 14.9 Å². The van der Waals surface area contributed by atoms with Crippen LogP contribution >= 0.6 is 0 Å². The Hall–Kier alpha value is -1.10. The molecule has 4 nitrogen and oxygen atoms in total. The molecule has 0 radical (unpaired) electrons. The quantitative estimate of drug-likeness (QED) is 0.773. The molecule has 1 aliphatic heterocycles. The Kier molecular flexibility index (Phi) is 6.88. The molecule has 0 bridgehead atoms. The van der Waals surface area contributed by atoms with Crippen LogP contribution < -0.4 is 4.74 Å². The zero-order valence-corrected chi connectivity index (χ0v) is 14.5. The molecular formula is C19H31NO3. The second-order valence-corrected chi connectivity index (χ2v) is 6.74. The third-order valence-corrected chi connectivity index (χ3v) is 4.86. The molecule has 0 amide bonds. The zero-order chi connectivity index (χ0) is 16.7. The van der Waals surface area contributed by atoms with Crippen LogP contribution in [-0.4, -0.2) is 47.5 Å². The van der Waals surface area contributed by atoms with Gasteiger partial charge in [-0.05, 0) is 25.3 Å². The van der Waals surface area contributed by atoms with Crippen molar-refractivity contribution in [3.63, 3.8) is 0 Å². The fourth-order valence-electron chi connectivity index (χ4n) is 3.58. The van der Waals surface area contributed by atoms with Crippen molar-refractivity contribution in [3.8, 4) is 5.75 Å². The maximum Gasteiger partial charge on any atom is 0.123 e. The van der Waals surface area contributed by atoms with E-state index in [4.69, 9.17) is 4.74 Å². The van der Waals surface area contributed by atoms with Crippen LogP contribution in [0, 0.1) is 5.41 Å². The highest BCUT2D eigenvalue weighted by atomic mass is 16.5. The monoisotopic (exact) mass is 321 g/mol. The number of benzene rings is 1. The average molecular weight is 321 g/mol. The summed E-state index contributed by atoms with van der Waals surface area (Å²) in [7, 11) is 0. The molecule has 0 unspecified atom stereocenters. The number of likely N-dealkylation sites (tertiary alicyclic amines) is 1. The van der Waals surface area contributed by atoms with Crippen LogP contribution in [0.5, 0.6) is 5.75 Å². The third-order valence-electron chi connectivity index (χ3n) is 4.86. The Morgan fingerprint density at radius 3 is 2.74 bits per heavy atom. The number of aliphatic hydroxyl groups is 2. The fourth-order valence-corrected chi connectivity index (χ4v) is 3.58. The Morgan fingerprint density at radius 2 is 2.04 bits per heavy atom. The summed E-state index contributed by atoms with van der Waals surface area (Å²) >= 11 is 0. The SMILES string of the molecule is CCCOc1ccccc1CN1CC[C@@H](O)[C@@](CO)(CCC)C1. The molecule has 2 N–H and O–H groups in total. The van der Waals surface area contributed by atoms with E-state index in [0.29, 0.717) is 0 Å². The van der Waals surface area contributed by atoms with Crippen LogP contribution in [0.25, 0.3) is 0 Å². The maximum atomic E-state index is 10.4. The Bertz CT molecular complexity index is 479. The minimum absolute atomic E-state index is 0.0481. The van der Waals surface area contributed by atoms with Gasteiger partial charge in [-0.15, -0.1) is 0 Å². The van der Waals surface area contributed by atoms with Gasteiger partial charge in [0.2, 0.25) is 0 Å². The molecule has 1 aliphatic rings. The molecule has 4 heteroatoms. The number of hydrogen-bond acceptors (Lipinski definition) is 4. The summed E-state index contributed by atoms with van der Waals surface area (Å²) in [5.41, 5.74) is 0.798. The highest BCUT2D eigenvalue weighted by molar-refractivity contribution is 5.33. The van der Waals surface area contributed by atoms with Gasteiger partial charge in [-0.3, -0.25) is 4.90 Å². The van der Waals surface area contributed by atoms with E-state index >= 15 is 0 Å². The molecule has 2 rings (SSSR count). The van der Waals surface area contributed by atoms with Crippen molar-refractivity contribution in [2.24, 2.45) is 5.41 Å². The molecule has 1 aromatic carbocycles. The van der Waals surface area contributed by atoms with E-state index < -0.39 is 6.10 Å². The standard InChI is InChI=1S/C19H31NO3/c1-3-10-19(15-21)14-20(11-9-18(19)22)13-16-7-5-6-8-17(16)23-12-4-2/h5-8,18,21-22H,3-4,9-15H2,1-2H3/t18-,19+/m1/s1. The van der Waals surface area contributed by atoms with Crippen LogP contribution in [-0.2, 0) is 6.54 Å². The molecule has 0 aromatic heterocycles. The van der Waals surface area contributed by atoms with E-state index in [0.717, 1.165) is 57.7 Å². The molecule has 2 atom stereocenters. The van der Waals surface area contributed by atoms with Gasteiger partial charge < -0.3 is 14.9 Å². The van der Waals surface area contributed by atoms with E-state index in [1.54, 1.807) is 0 Å². The largest absolute Gasteiger partial charge is 0.493 e. The summed E-state index contributed by atoms with van der Waals surface area (Å²) in [5.74, 6) is 0.950. The van der Waals surface area contributed by atoms with Gasteiger partial charge in [-0.1, -0.05) is 38.5 Å². The molecular weight excluding hydrogens is 290 g/mol. The lowest BCUT2D eigenvalue weighted by Gasteiger charge is -2.45. The summed E-state index contributed by atoms with van der Waals surface area (Å²) in [5, 5.41) is 20.3. The summed E-state index contributed by atoms with van der Waals surface area (Å²) in [6.07, 6.45) is 3.14. The minimum Gasteiger partial charge on any atom is -0.493 e. The maximum absolute atomic E-state index is 10.4. The number of nitrogens with zero attached hydrogens (tertiary/aromatic N) is 1. The number of ether oxygens (including phenoxy) is 1. The summed E-state index contributed by atoms with van der Waals surface area (Å²) in [4.78, 5) is 2.34. The molecule has 1 heterocycles. The zero-order valence-electron chi connectivity index (χ0n) is 14.5. The predicted octanol–water partition coefficient (Wildman–Crippen LogP) is 2.82. The van der Waals surface area contributed by atoms with E-state index in [-0.39, 0.29) is 12.0 Å². The van der Waals surface area contributed by atoms with Gasteiger partial charge in [-0.2, -0.15) is 0 Å². The van der Waals surface area contributed by atoms with Gasteiger partial charge in [-0.25, -0.2) is 0 Å². The Labute approximate surface area is 140 Å². The highest BCUT2D eigenvalue weighted by Crippen LogP contribution is 2.35. The van der Waals surface area contributed by atoms with E-state index in [9.17, 15) is 10.2 Å². The van der Waals surface area contributed by atoms with E-state index in [2.05, 4.69) is 24.8 Å². The van der Waals surface area contributed by atoms with Crippen molar-refractivity contribution in [1.29, 1.82) is 0 Å². The van der Waals surface area contributed by atoms with Crippen LogP contribution in [0.3, 0.4) is 0 Å². The molecule has 23 heavy (non-hydrogen) atoms. The molecule has 0 saturated carbocycles. The molecule has 1 aromatic rings. The number of hydrogen-bond donors (Lipinski definition) is 2. The molecule has 1 fully saturated rings. The van der Waals surface area contributed by atoms with Gasteiger partial charge in [0.1, 0.15) is 5.75 Å². The normalized spacial score (nSPS) is 25.5. The lowest BCUT2D eigenvalue weighted by Crippen LogP contribution is -2.53. The lowest BCUT2D eigenvalue weighted by molar-refractivity contribution is -0.0820. The second kappa shape index (κ2) is 8.67. The molecule has 0 aliphatic carbocycles. The molecule has 1 saturated heterocycles. The minimum atomic E-state index is -0.407. The van der Waals surface area contributed by atoms with Gasteiger partial charge in [0.25, 0.3) is 0 Å². The topological polar surface area (TPSA) is 52.9 Å². The molecule has 130 valence electrons. The van der Waals surface area contributed by atoms with Crippen LogP contribution in [0.2, 0.25) is 0 Å². The average Bonchev–Trinajstić information content (AvgIpc) is 2.57. The summed E-state index contributed by atoms with van der Waals surface area (Å²) < 4.78 is 5.85. The first-order chi connectivity index (χ1) is 11.1. The van der Waals surface area contributed by atoms with Crippen molar-refractivity contribution in [2.75, 3.05) is 26.3 Å². The van der Waals surface area contributed by atoms with Crippen molar-refractivity contribution in [2.45, 2.75) is 52.2 Å². The highest BCUT2D eigenvalue weighted by Gasteiger charge is 2.41. The number of aliphatic hydroxyl groups excluding tert-OH is 2. The van der Waals surface area contributed by atoms with Crippen molar-refractivity contribution in [1.82, 2.24) is 4.90 Å². The van der Waals surface area contributed by atoms with Crippen molar-refractivity contribution >= 4 is 0 Å². The number of piperidine rings is 1. The smallest absolute Gasteiger partial charge is 0.123 e. The van der Waals surface area contributed by atoms with E-state index in [1.807, 2.05) is 18.2 Å². The van der Waals surface area contributed by atoms with Gasteiger partial charge in [0.05, 0.1) is 19.3 Å². The summed E-state index contributed by atoms with van der Waals surface area (Å²) in [6.45, 7) is 7.39. The van der Waals surface area contributed by atoms with E-state index in [1.165, 1.54) is 5.56 Å². The lowest BCUT2D eigenvalue weighted by atomic mass is 9.74.